The fourth-order valence-electron chi connectivity index (χ4n) is 3.81. The Kier molecular flexibility index (Phi) is 4.51. The topological polar surface area (TPSA) is 98.7 Å². The van der Waals surface area contributed by atoms with E-state index in [0.717, 1.165) is 29.6 Å². The number of hydrogen-bond acceptors (Lipinski definition) is 6. The monoisotopic (exact) mass is 388 g/mol. The molecule has 0 aromatic carbocycles. The first-order chi connectivity index (χ1) is 14.3. The number of imidazole rings is 1. The first kappa shape index (κ1) is 17.5. The van der Waals surface area contributed by atoms with Gasteiger partial charge in [-0.1, -0.05) is 18.0 Å². The molecule has 8 heteroatoms. The number of pyridine rings is 2. The van der Waals surface area contributed by atoms with Crippen molar-refractivity contribution >= 4 is 17.1 Å². The number of rotatable bonds is 5. The standard InChI is InChI=1S/C21H20N6O2/c28-21(24-12-17-9-18(26-29-17)14-4-3-7-22-10-14)15-8-19-20(23-11-15)27(13-25-19)16-5-1-2-6-16/h3-4,7-11,13,16H,1-2,5-6,12H2,(H,24,28). The minimum atomic E-state index is -0.228. The minimum Gasteiger partial charge on any atom is -0.359 e. The van der Waals surface area contributed by atoms with Crippen molar-refractivity contribution in [1.29, 1.82) is 0 Å². The van der Waals surface area contributed by atoms with Crippen LogP contribution in [0.1, 0.15) is 47.8 Å². The highest BCUT2D eigenvalue weighted by atomic mass is 16.5. The summed E-state index contributed by atoms with van der Waals surface area (Å²) in [7, 11) is 0. The van der Waals surface area contributed by atoms with Gasteiger partial charge in [-0.05, 0) is 31.0 Å². The molecule has 0 bridgehead atoms. The van der Waals surface area contributed by atoms with Crippen molar-refractivity contribution in [3.8, 4) is 11.3 Å². The van der Waals surface area contributed by atoms with E-state index in [2.05, 4.69) is 30.0 Å². The molecule has 1 saturated carbocycles. The lowest BCUT2D eigenvalue weighted by atomic mass is 10.2. The van der Waals surface area contributed by atoms with Gasteiger partial charge in [-0.2, -0.15) is 0 Å². The number of nitrogens with one attached hydrogen (secondary N) is 1. The highest BCUT2D eigenvalue weighted by molar-refractivity contribution is 5.96. The van der Waals surface area contributed by atoms with E-state index in [1.54, 1.807) is 30.7 Å². The van der Waals surface area contributed by atoms with Crippen LogP contribution >= 0.6 is 0 Å². The third-order valence-electron chi connectivity index (χ3n) is 5.33. The maximum atomic E-state index is 12.5. The minimum absolute atomic E-state index is 0.228. The molecule has 0 radical (unpaired) electrons. The molecule has 0 spiro atoms. The lowest BCUT2D eigenvalue weighted by Gasteiger charge is -2.11. The number of carbonyl (C=O) groups is 1. The van der Waals surface area contributed by atoms with Crippen LogP contribution in [0, 0.1) is 0 Å². The molecule has 0 aliphatic heterocycles. The summed E-state index contributed by atoms with van der Waals surface area (Å²) in [6, 6.07) is 7.78. The maximum absolute atomic E-state index is 12.5. The molecular formula is C21H20N6O2. The molecule has 1 fully saturated rings. The predicted molar refractivity (Wildman–Crippen MR) is 106 cm³/mol. The van der Waals surface area contributed by atoms with Gasteiger partial charge in [-0.25, -0.2) is 9.97 Å². The van der Waals surface area contributed by atoms with E-state index in [9.17, 15) is 4.79 Å². The van der Waals surface area contributed by atoms with Crippen LogP contribution in [0.2, 0.25) is 0 Å². The van der Waals surface area contributed by atoms with Crippen molar-refractivity contribution in [1.82, 2.24) is 30.0 Å². The van der Waals surface area contributed by atoms with Crippen LogP contribution in [0.5, 0.6) is 0 Å². The Bertz CT molecular complexity index is 1140. The van der Waals surface area contributed by atoms with Gasteiger partial charge >= 0.3 is 0 Å². The third-order valence-corrected chi connectivity index (χ3v) is 5.33. The number of nitrogens with zero attached hydrogens (tertiary/aromatic N) is 5. The van der Waals surface area contributed by atoms with Crippen LogP contribution in [0.15, 0.2) is 53.7 Å². The van der Waals surface area contributed by atoms with Crippen LogP contribution in [-0.4, -0.2) is 30.6 Å². The molecule has 146 valence electrons. The molecule has 1 aliphatic rings. The second-order valence-electron chi connectivity index (χ2n) is 7.26. The van der Waals surface area contributed by atoms with Gasteiger partial charge in [0.05, 0.1) is 18.4 Å². The summed E-state index contributed by atoms with van der Waals surface area (Å²) < 4.78 is 7.45. The van der Waals surface area contributed by atoms with Crippen molar-refractivity contribution < 1.29 is 9.32 Å². The average molecular weight is 388 g/mol. The number of aromatic nitrogens is 5. The molecule has 1 N–H and O–H groups in total. The van der Waals surface area contributed by atoms with Gasteiger partial charge in [-0.15, -0.1) is 0 Å². The zero-order chi connectivity index (χ0) is 19.6. The first-order valence-corrected chi connectivity index (χ1v) is 9.75. The van der Waals surface area contributed by atoms with Crippen molar-refractivity contribution in [2.45, 2.75) is 38.3 Å². The Balaban J connectivity index is 1.27. The predicted octanol–water partition coefficient (Wildman–Crippen LogP) is 3.53. The smallest absolute Gasteiger partial charge is 0.253 e. The second-order valence-corrected chi connectivity index (χ2v) is 7.26. The van der Waals surface area contributed by atoms with Crippen LogP contribution in [0.3, 0.4) is 0 Å². The van der Waals surface area contributed by atoms with Gasteiger partial charge in [0.25, 0.3) is 5.91 Å². The van der Waals surface area contributed by atoms with Gasteiger partial charge in [0.2, 0.25) is 0 Å². The van der Waals surface area contributed by atoms with Crippen molar-refractivity contribution in [3.63, 3.8) is 0 Å². The zero-order valence-corrected chi connectivity index (χ0v) is 15.8. The zero-order valence-electron chi connectivity index (χ0n) is 15.8. The number of hydrogen-bond donors (Lipinski definition) is 1. The highest BCUT2D eigenvalue weighted by Crippen LogP contribution is 2.31. The lowest BCUT2D eigenvalue weighted by Crippen LogP contribution is -2.22. The molecule has 8 nitrogen and oxygen atoms in total. The van der Waals surface area contributed by atoms with Crippen LogP contribution < -0.4 is 5.32 Å². The van der Waals surface area contributed by atoms with E-state index < -0.39 is 0 Å². The molecule has 1 amide bonds. The quantitative estimate of drug-likeness (QED) is 0.562. The van der Waals surface area contributed by atoms with Crippen molar-refractivity contribution in [2.24, 2.45) is 0 Å². The fraction of sp³-hybridized carbons (Fsp3) is 0.286. The molecule has 4 aromatic rings. The van der Waals surface area contributed by atoms with Gasteiger partial charge in [0.15, 0.2) is 11.4 Å². The molecule has 5 rings (SSSR count). The van der Waals surface area contributed by atoms with Crippen molar-refractivity contribution in [2.75, 3.05) is 0 Å². The Morgan fingerprint density at radius 3 is 2.93 bits per heavy atom. The molecule has 1 aliphatic carbocycles. The van der Waals surface area contributed by atoms with Gasteiger partial charge in [-0.3, -0.25) is 9.78 Å². The van der Waals surface area contributed by atoms with E-state index in [4.69, 9.17) is 4.52 Å². The normalized spacial score (nSPS) is 14.5. The Morgan fingerprint density at radius 2 is 2.10 bits per heavy atom. The van der Waals surface area contributed by atoms with Crippen molar-refractivity contribution in [3.05, 3.63) is 60.5 Å². The van der Waals surface area contributed by atoms with Gasteiger partial charge in [0.1, 0.15) is 11.2 Å². The Labute approximate surface area is 167 Å². The lowest BCUT2D eigenvalue weighted by molar-refractivity contribution is 0.0947. The van der Waals surface area contributed by atoms with E-state index in [-0.39, 0.29) is 12.5 Å². The summed E-state index contributed by atoms with van der Waals surface area (Å²) in [6.07, 6.45) is 11.7. The molecule has 0 saturated heterocycles. The summed E-state index contributed by atoms with van der Waals surface area (Å²) in [5.41, 5.74) is 3.60. The van der Waals surface area contributed by atoms with E-state index in [1.807, 2.05) is 18.5 Å². The van der Waals surface area contributed by atoms with Gasteiger partial charge in [0, 0.05) is 36.3 Å². The summed E-state index contributed by atoms with van der Waals surface area (Å²) in [6.45, 7) is 0.237. The summed E-state index contributed by atoms with van der Waals surface area (Å²) in [5.74, 6) is 0.339. The molecule has 0 atom stereocenters. The molecule has 4 aromatic heterocycles. The highest BCUT2D eigenvalue weighted by Gasteiger charge is 2.20. The number of fused-ring (bicyclic) bond motifs is 1. The Hall–Kier alpha value is -3.55. The average Bonchev–Trinajstić information content (AvgIpc) is 3.52. The second kappa shape index (κ2) is 7.46. The summed E-state index contributed by atoms with van der Waals surface area (Å²) >= 11 is 0. The summed E-state index contributed by atoms with van der Waals surface area (Å²) in [4.78, 5) is 25.6. The van der Waals surface area contributed by atoms with E-state index >= 15 is 0 Å². The molecule has 29 heavy (non-hydrogen) atoms. The van der Waals surface area contributed by atoms with Crippen LogP contribution in [-0.2, 0) is 6.54 Å². The molecule has 0 unspecified atom stereocenters. The molecular weight excluding hydrogens is 368 g/mol. The van der Waals surface area contributed by atoms with E-state index in [0.29, 0.717) is 23.1 Å². The Morgan fingerprint density at radius 1 is 1.21 bits per heavy atom. The van der Waals surface area contributed by atoms with Gasteiger partial charge < -0.3 is 14.4 Å². The fourth-order valence-corrected chi connectivity index (χ4v) is 3.81. The maximum Gasteiger partial charge on any atom is 0.253 e. The first-order valence-electron chi connectivity index (χ1n) is 9.75. The third kappa shape index (κ3) is 3.49. The summed E-state index contributed by atoms with van der Waals surface area (Å²) in [5, 5.41) is 6.87. The SMILES string of the molecule is O=C(NCc1cc(-c2cccnc2)no1)c1cnc2c(c1)ncn2C1CCCC1. The number of amides is 1. The van der Waals surface area contributed by atoms with E-state index in [1.165, 1.54) is 12.8 Å². The van der Waals surface area contributed by atoms with Crippen LogP contribution in [0.4, 0.5) is 0 Å². The largest absolute Gasteiger partial charge is 0.359 e. The number of carbonyl (C=O) groups excluding carboxylic acids is 1. The van der Waals surface area contributed by atoms with Crippen LogP contribution in [0.25, 0.3) is 22.4 Å². The molecule has 4 heterocycles.